The lowest BCUT2D eigenvalue weighted by Gasteiger charge is -2.24. The zero-order chi connectivity index (χ0) is 107. The van der Waals surface area contributed by atoms with Crippen molar-refractivity contribution in [3.63, 3.8) is 0 Å². The van der Waals surface area contributed by atoms with E-state index < -0.39 is 47.8 Å². The number of Topliss-reactive ketones (excluding diaryl/α,β-unsaturated/α-hetero) is 2. The third kappa shape index (κ3) is 69.3. The van der Waals surface area contributed by atoms with Gasteiger partial charge >= 0.3 is 12.1 Å². The van der Waals surface area contributed by atoms with Crippen LogP contribution in [0.15, 0.2) is 96.2 Å². The van der Waals surface area contributed by atoms with Crippen LogP contribution in [0.25, 0.3) is 0 Å². The van der Waals surface area contributed by atoms with Crippen LogP contribution in [0.1, 0.15) is 226 Å². The van der Waals surface area contributed by atoms with Crippen LogP contribution < -0.4 is 54.0 Å². The highest BCUT2D eigenvalue weighted by molar-refractivity contribution is 8.03. The van der Waals surface area contributed by atoms with Crippen molar-refractivity contribution in [2.75, 3.05) is 166 Å². The molecule has 4 atom stereocenters. The fourth-order valence-corrected chi connectivity index (χ4v) is 15.5. The van der Waals surface area contributed by atoms with Gasteiger partial charge in [-0.25, -0.2) is 19.0 Å². The van der Waals surface area contributed by atoms with Crippen molar-refractivity contribution in [3.8, 4) is 0 Å². The fourth-order valence-electron chi connectivity index (χ4n) is 12.3. The number of oxime groups is 2. The molecule has 0 fully saturated rings. The predicted molar refractivity (Wildman–Crippen MR) is 575 cm³/mol. The van der Waals surface area contributed by atoms with Gasteiger partial charge in [-0.15, -0.1) is 57.2 Å². The van der Waals surface area contributed by atoms with Crippen molar-refractivity contribution in [1.82, 2.24) is 61.9 Å². The first-order chi connectivity index (χ1) is 67.8. The number of aromatic nitrogens is 6. The minimum Gasteiger partial charge on any atom is -0.475 e. The standard InChI is InChI=1S/C53H91N9O11S2.C49H83N9O9S2/c1-39(2)48(58-47(64)36-73-60-45(37-74-52(7,8)9)38-75-53(10,11)12)46(63)32-42(14-13-20-55-50(54)66)49(65)57-43-17-15-41(16-18-43)35-72-40(3)56-33-44-34-62(61-59-44)21-23-68-25-27-70-29-31-71-30-28-69-26-24-67-22-19-51(4,5)6;1-35(2)44(54-43(60)32-67-56-41(33-68-48(7,8)9)34-69-49(10,11)12)42(59)28-38(14-13-20-51-46(50)62)45(61)53-39-17-15-37(16-18-39)31-66-36(3)52-29-40-30-58(57-55-40)21-23-64-25-27-65-26-24-63-22-19-47(4,5)6/h15-18,34,39,42,48,56H,3,13-14,19-33,35-38H2,1-2,4-12H3,(H,57,65)(H,58,64)(H3,54,55,66);15-18,30,35,38,44,52H,3,13-14,19-29,31-34H2,1-2,4-12H3,(H,53,61)(H,54,60)(H3,50,51,62)/t42-,48+;38-,44+/m11/s1. The van der Waals surface area contributed by atoms with Gasteiger partial charge in [-0.2, -0.15) is 0 Å². The van der Waals surface area contributed by atoms with E-state index in [1.165, 1.54) is 0 Å². The summed E-state index contributed by atoms with van der Waals surface area (Å²) in [5.74, 6) is -1.07. The highest BCUT2D eigenvalue weighted by Crippen LogP contribution is 2.31. The molecule has 4 aromatic rings. The van der Waals surface area contributed by atoms with Gasteiger partial charge in [-0.1, -0.05) is 197 Å². The maximum absolute atomic E-state index is 13.8. The average molecular weight is 2100 g/mol. The Morgan fingerprint density at radius 3 is 0.979 bits per heavy atom. The maximum atomic E-state index is 13.8. The number of carbonyl (C=O) groups is 8. The van der Waals surface area contributed by atoms with Crippen LogP contribution in [-0.2, 0) is 125 Å². The number of benzene rings is 2. The molecule has 0 spiro atoms. The summed E-state index contributed by atoms with van der Waals surface area (Å²) in [5.41, 5.74) is 16.8. The van der Waals surface area contributed by atoms with Crippen LogP contribution in [0.5, 0.6) is 0 Å². The van der Waals surface area contributed by atoms with Crippen LogP contribution in [0.2, 0.25) is 0 Å². The van der Waals surface area contributed by atoms with Crippen molar-refractivity contribution in [2.24, 2.45) is 56.3 Å². The summed E-state index contributed by atoms with van der Waals surface area (Å²) in [7, 11) is 0. The van der Waals surface area contributed by atoms with E-state index in [4.69, 9.17) is 68.5 Å². The molecule has 38 nitrogen and oxygen atoms in total. The molecule has 816 valence electrons. The monoisotopic (exact) mass is 2100 g/mol. The van der Waals surface area contributed by atoms with Crippen LogP contribution in [-0.4, -0.2) is 275 Å². The molecule has 2 aromatic carbocycles. The summed E-state index contributed by atoms with van der Waals surface area (Å²) in [6.45, 7) is 64.5. The largest absolute Gasteiger partial charge is 0.475 e. The Bertz CT molecular complexity index is 4370. The molecule has 0 bridgehead atoms. The van der Waals surface area contributed by atoms with E-state index in [1.54, 1.807) is 80.7 Å². The zero-order valence-corrected chi connectivity index (χ0v) is 93.3. The summed E-state index contributed by atoms with van der Waals surface area (Å²) in [4.78, 5) is 115. The number of urea groups is 2. The Morgan fingerprint density at radius 1 is 0.410 bits per heavy atom. The molecule has 0 unspecified atom stereocenters. The van der Waals surface area contributed by atoms with Crippen molar-refractivity contribution in [3.05, 3.63) is 108 Å². The van der Waals surface area contributed by atoms with Gasteiger partial charge in [0, 0.05) is 104 Å². The number of hydrogen-bond acceptors (Lipinski definition) is 32. The average Bonchev–Trinajstić information content (AvgIpc) is 0.960. The molecule has 4 rings (SSSR count). The van der Waals surface area contributed by atoms with E-state index >= 15 is 0 Å². The van der Waals surface area contributed by atoms with Crippen molar-refractivity contribution in [1.29, 1.82) is 0 Å². The first-order valence-electron chi connectivity index (χ1n) is 49.7. The van der Waals surface area contributed by atoms with E-state index in [1.807, 2.05) is 64.4 Å². The number of hydrogen-bond donors (Lipinski definition) is 10. The fraction of sp³-hybridized carbons (Fsp3) is 0.706. The predicted octanol–water partition coefficient (Wildman–Crippen LogP) is 14.2. The van der Waals surface area contributed by atoms with Crippen molar-refractivity contribution in [2.45, 2.75) is 274 Å². The van der Waals surface area contributed by atoms with E-state index in [9.17, 15) is 38.4 Å². The van der Waals surface area contributed by atoms with Gasteiger partial charge in [-0.05, 0) is 110 Å². The number of rotatable bonds is 76. The van der Waals surface area contributed by atoms with Gasteiger partial charge in [0.25, 0.3) is 11.8 Å². The van der Waals surface area contributed by atoms with Crippen LogP contribution >= 0.6 is 47.0 Å². The van der Waals surface area contributed by atoms with Crippen LogP contribution in [0.3, 0.4) is 0 Å². The number of carbonyl (C=O) groups excluding carboxylic acids is 8. The molecule has 0 aliphatic carbocycles. The van der Waals surface area contributed by atoms with Gasteiger partial charge < -0.3 is 111 Å². The summed E-state index contributed by atoms with van der Waals surface area (Å²) >= 11 is 6.98. The number of nitrogens with one attached hydrogen (secondary N) is 8. The zero-order valence-electron chi connectivity index (χ0n) is 90.1. The van der Waals surface area contributed by atoms with E-state index in [0.29, 0.717) is 189 Å². The summed E-state index contributed by atoms with van der Waals surface area (Å²) in [6, 6.07) is 11.1. The normalized spacial score (nSPS) is 12.7. The smallest absolute Gasteiger partial charge is 0.312 e. The van der Waals surface area contributed by atoms with Gasteiger partial charge in [0.15, 0.2) is 36.5 Å². The number of ether oxygens (including phenoxy) is 10. The summed E-state index contributed by atoms with van der Waals surface area (Å²) in [5, 5.41) is 48.0. The lowest BCUT2D eigenvalue weighted by atomic mass is 9.89. The molecule has 0 aliphatic heterocycles. The molecule has 42 heteroatoms. The van der Waals surface area contributed by atoms with E-state index in [2.05, 4.69) is 211 Å². The number of anilines is 2. The number of nitrogens with two attached hydrogens (primary N) is 2. The number of ketones is 2. The first-order valence-corrected chi connectivity index (χ1v) is 53.6. The van der Waals surface area contributed by atoms with Gasteiger partial charge in [0.1, 0.15) is 24.6 Å². The second-order valence-corrected chi connectivity index (χ2v) is 48.8. The molecular weight excluding hydrogens is 1930 g/mol. The Morgan fingerprint density at radius 2 is 0.701 bits per heavy atom. The molecule has 144 heavy (non-hydrogen) atoms. The molecule has 2 heterocycles. The summed E-state index contributed by atoms with van der Waals surface area (Å²) < 4.78 is 59.9. The Hall–Kier alpha value is -8.82. The third-order valence-electron chi connectivity index (χ3n) is 20.3. The Balaban J connectivity index is 0.000000743. The van der Waals surface area contributed by atoms with Gasteiger partial charge in [0.05, 0.1) is 155 Å². The lowest BCUT2D eigenvalue weighted by molar-refractivity contribution is -0.133. The quantitative estimate of drug-likeness (QED) is 0.00849. The second-order valence-electron chi connectivity index (χ2n) is 41.6. The molecule has 0 saturated heterocycles. The molecule has 2 aromatic heterocycles. The number of primary amides is 2. The lowest BCUT2D eigenvalue weighted by Crippen LogP contribution is -2.46. The highest BCUT2D eigenvalue weighted by Gasteiger charge is 2.33. The van der Waals surface area contributed by atoms with Crippen molar-refractivity contribution >= 4 is 117 Å². The number of nitrogens with zero attached hydrogens (tertiary/aromatic N) is 8. The second kappa shape index (κ2) is 70.9. The van der Waals surface area contributed by atoms with Crippen LogP contribution in [0, 0.1) is 34.5 Å². The first kappa shape index (κ1) is 129. The molecule has 12 N–H and O–H groups in total. The van der Waals surface area contributed by atoms with Gasteiger partial charge in [-0.3, -0.25) is 28.8 Å². The molecular formula is C102H174N18O20S4. The molecule has 8 amide bonds. The van der Waals surface area contributed by atoms with E-state index in [-0.39, 0.29) is 130 Å². The number of thioether (sulfide) groups is 4. The number of amides is 8. The van der Waals surface area contributed by atoms with Crippen molar-refractivity contribution < 1.29 is 95.4 Å². The topological polar surface area (TPSA) is 482 Å². The molecule has 0 aliphatic rings. The SMILES string of the molecule is C=C(NCc1cn(CCOCCOCCOCCC(C)(C)C)nn1)OCc1ccc(NC(=O)[C@H](CCCNC(N)=O)CC(=O)[C@@H](NC(=O)CON=C(CSC(C)(C)C)CSC(C)(C)C)C(C)C)cc1.C=C(NCc1cn(CCOCCOCCOCCOCCOCCC(C)(C)C)nn1)OCc1ccc(NC(=O)[C@H](CCCNC(N)=O)CC(=O)[C@@H](NC(=O)CON=C(CSC(C)(C)C)CSC(C)(C)C)C(C)C)cc1. The Labute approximate surface area is 873 Å². The minimum absolute atomic E-state index is 0.0270. The summed E-state index contributed by atoms with van der Waals surface area (Å²) in [6.07, 6.45) is 6.75. The Kier molecular flexibility index (Phi) is 63.7. The molecule has 0 radical (unpaired) electrons. The van der Waals surface area contributed by atoms with Crippen LogP contribution in [0.4, 0.5) is 21.0 Å². The van der Waals surface area contributed by atoms with E-state index in [0.717, 1.165) is 48.6 Å². The molecule has 0 saturated carbocycles. The van der Waals surface area contributed by atoms with Gasteiger partial charge in [0.2, 0.25) is 11.8 Å². The highest BCUT2D eigenvalue weighted by atomic mass is 32.2. The third-order valence-corrected chi connectivity index (χ3v) is 25.7. The minimum atomic E-state index is -0.870. The maximum Gasteiger partial charge on any atom is 0.312 e.